The zero-order valence-corrected chi connectivity index (χ0v) is 5.97. The van der Waals surface area contributed by atoms with Gasteiger partial charge in [0.25, 0.3) is 5.79 Å². The quantitative estimate of drug-likeness (QED) is 0.360. The van der Waals surface area contributed by atoms with Crippen molar-refractivity contribution in [1.82, 2.24) is 10.4 Å². The molecule has 0 aliphatic carbocycles. The first-order valence-electron chi connectivity index (χ1n) is 3.20. The van der Waals surface area contributed by atoms with Crippen LogP contribution in [0.5, 0.6) is 0 Å². The number of hydrogen-bond donors (Lipinski definition) is 4. The van der Waals surface area contributed by atoms with Crippen molar-refractivity contribution in [3.63, 3.8) is 0 Å². The number of aliphatic hydroxyl groups excluding tert-OH is 1. The molecule has 1 unspecified atom stereocenters. The molecule has 0 fully saturated rings. The Kier molecular flexibility index (Phi) is 1.15. The van der Waals surface area contributed by atoms with Crippen molar-refractivity contribution in [2.24, 2.45) is 15.7 Å². The van der Waals surface area contributed by atoms with Gasteiger partial charge < -0.3 is 10.4 Å². The van der Waals surface area contributed by atoms with Gasteiger partial charge in [-0.3, -0.25) is 10.9 Å². The molecule has 2 heterocycles. The molecule has 0 aromatic carbocycles. The van der Waals surface area contributed by atoms with Gasteiger partial charge in [0, 0.05) is 0 Å². The maximum absolute atomic E-state index is 9.25. The number of hydrogen-bond acceptors (Lipinski definition) is 7. The van der Waals surface area contributed by atoms with E-state index >= 15 is 0 Å². The largest absolute Gasteiger partial charge is 0.492 e. The van der Waals surface area contributed by atoms with Gasteiger partial charge in [0.05, 0.1) is 6.34 Å². The van der Waals surface area contributed by atoms with Crippen molar-refractivity contribution in [2.45, 2.75) is 5.79 Å². The molecule has 0 amide bonds. The summed E-state index contributed by atoms with van der Waals surface area (Å²) in [5, 5.41) is 21.3. The molecule has 0 aromatic rings. The molecule has 0 bridgehead atoms. The summed E-state index contributed by atoms with van der Waals surface area (Å²) in [6.45, 7) is 0. The zero-order valence-electron chi connectivity index (χ0n) is 5.97. The van der Waals surface area contributed by atoms with Gasteiger partial charge in [-0.25, -0.2) is 9.98 Å². The number of fused-ring (bicyclic) bond motifs is 1. The fourth-order valence-corrected chi connectivity index (χ4v) is 1.00. The fourth-order valence-electron chi connectivity index (χ4n) is 1.00. The van der Waals surface area contributed by atoms with Crippen molar-refractivity contribution in [3.05, 3.63) is 11.6 Å². The van der Waals surface area contributed by atoms with Gasteiger partial charge in [-0.15, -0.1) is 0 Å². The van der Waals surface area contributed by atoms with Gasteiger partial charge in [-0.2, -0.15) is 5.06 Å². The van der Waals surface area contributed by atoms with E-state index in [0.29, 0.717) is 5.06 Å². The van der Waals surface area contributed by atoms with Crippen molar-refractivity contribution < 1.29 is 10.3 Å². The first-order chi connectivity index (χ1) is 5.63. The number of aliphatic imine (C=N–C) groups is 2. The Morgan fingerprint density at radius 2 is 2.33 bits per heavy atom. The number of nitrogens with zero attached hydrogens (tertiary/aromatic N) is 3. The van der Waals surface area contributed by atoms with Gasteiger partial charge in [0.2, 0.25) is 5.88 Å². The SMILES string of the molecule is NC12N=CNC1=C(O)N(O)C=N2. The smallest absolute Gasteiger partial charge is 0.252 e. The van der Waals surface area contributed by atoms with Crippen LogP contribution in [0.2, 0.25) is 0 Å². The summed E-state index contributed by atoms with van der Waals surface area (Å²) < 4.78 is 0. The molecule has 1 atom stereocenters. The normalized spacial score (nSPS) is 32.3. The maximum atomic E-state index is 9.25. The molecule has 0 saturated heterocycles. The number of nitrogens with two attached hydrogens (primary N) is 1. The van der Waals surface area contributed by atoms with Crippen LogP contribution in [0.3, 0.4) is 0 Å². The maximum Gasteiger partial charge on any atom is 0.252 e. The Morgan fingerprint density at radius 1 is 1.58 bits per heavy atom. The second-order valence-corrected chi connectivity index (χ2v) is 2.42. The van der Waals surface area contributed by atoms with Gasteiger partial charge in [0.1, 0.15) is 12.0 Å². The van der Waals surface area contributed by atoms with Crippen LogP contribution in [-0.4, -0.2) is 33.8 Å². The third kappa shape index (κ3) is 0.713. The van der Waals surface area contributed by atoms with Crippen LogP contribution in [0.4, 0.5) is 0 Å². The molecule has 7 nitrogen and oxygen atoms in total. The highest BCUT2D eigenvalue weighted by atomic mass is 16.5. The third-order valence-corrected chi connectivity index (χ3v) is 1.64. The Bertz CT molecular complexity index is 309. The minimum Gasteiger partial charge on any atom is -0.492 e. The lowest BCUT2D eigenvalue weighted by molar-refractivity contribution is -0.0245. The minimum absolute atomic E-state index is 0.160. The fraction of sp³-hybridized carbons (Fsp3) is 0.200. The monoisotopic (exact) mass is 169 g/mol. The van der Waals surface area contributed by atoms with Crippen LogP contribution in [0.25, 0.3) is 0 Å². The summed E-state index contributed by atoms with van der Waals surface area (Å²) in [6, 6.07) is 0. The Hall–Kier alpha value is -1.60. The van der Waals surface area contributed by atoms with Crippen LogP contribution in [0.1, 0.15) is 0 Å². The van der Waals surface area contributed by atoms with E-state index in [0.717, 1.165) is 6.34 Å². The second-order valence-electron chi connectivity index (χ2n) is 2.42. The lowest BCUT2D eigenvalue weighted by Crippen LogP contribution is -2.44. The molecular weight excluding hydrogens is 162 g/mol. The first kappa shape index (κ1) is 7.07. The van der Waals surface area contributed by atoms with E-state index in [1.165, 1.54) is 6.34 Å². The molecule has 12 heavy (non-hydrogen) atoms. The molecule has 5 N–H and O–H groups in total. The van der Waals surface area contributed by atoms with Crippen molar-refractivity contribution in [3.8, 4) is 0 Å². The topological polar surface area (TPSA) is 106 Å². The van der Waals surface area contributed by atoms with Crippen LogP contribution in [0, 0.1) is 0 Å². The Balaban J connectivity index is 2.49. The highest BCUT2D eigenvalue weighted by Crippen LogP contribution is 2.24. The summed E-state index contributed by atoms with van der Waals surface area (Å²) in [6.07, 6.45) is 2.30. The van der Waals surface area contributed by atoms with Crippen molar-refractivity contribution in [1.29, 1.82) is 0 Å². The van der Waals surface area contributed by atoms with Crippen LogP contribution >= 0.6 is 0 Å². The third-order valence-electron chi connectivity index (χ3n) is 1.64. The molecule has 0 radical (unpaired) electrons. The van der Waals surface area contributed by atoms with Gasteiger partial charge in [0.15, 0.2) is 0 Å². The van der Waals surface area contributed by atoms with E-state index < -0.39 is 11.7 Å². The number of nitrogens with one attached hydrogen (secondary N) is 1. The first-order valence-corrected chi connectivity index (χ1v) is 3.20. The Morgan fingerprint density at radius 3 is 3.08 bits per heavy atom. The van der Waals surface area contributed by atoms with Gasteiger partial charge >= 0.3 is 0 Å². The van der Waals surface area contributed by atoms with E-state index in [1.807, 2.05) is 0 Å². The summed E-state index contributed by atoms with van der Waals surface area (Å²) in [4.78, 5) is 7.47. The standard InChI is InChI=1S/C5H7N5O2/c6-5-3(7-1-8-5)4(11)10(12)2-9-5/h1-2,11-12H,6H2,(H,7,8). The lowest BCUT2D eigenvalue weighted by atomic mass is 10.2. The summed E-state index contributed by atoms with van der Waals surface area (Å²) >= 11 is 0. The van der Waals surface area contributed by atoms with E-state index in [-0.39, 0.29) is 5.70 Å². The van der Waals surface area contributed by atoms with E-state index in [2.05, 4.69) is 15.3 Å². The highest BCUT2D eigenvalue weighted by molar-refractivity contribution is 5.69. The van der Waals surface area contributed by atoms with Gasteiger partial charge in [-0.05, 0) is 0 Å². The Labute approximate surface area is 67.5 Å². The molecule has 0 saturated carbocycles. The van der Waals surface area contributed by atoms with Gasteiger partial charge in [-0.1, -0.05) is 0 Å². The molecule has 64 valence electrons. The summed E-state index contributed by atoms with van der Waals surface area (Å²) in [5.41, 5.74) is 5.76. The van der Waals surface area contributed by atoms with Crippen molar-refractivity contribution >= 4 is 12.7 Å². The van der Waals surface area contributed by atoms with Crippen LogP contribution < -0.4 is 11.1 Å². The number of aliphatic hydroxyl groups is 1. The summed E-state index contributed by atoms with van der Waals surface area (Å²) in [5.74, 6) is -1.70. The molecule has 2 aliphatic heterocycles. The average Bonchev–Trinajstić information content (AvgIpc) is 2.42. The zero-order chi connectivity index (χ0) is 8.77. The second kappa shape index (κ2) is 1.96. The minimum atomic E-state index is -1.30. The average molecular weight is 169 g/mol. The molecule has 2 rings (SSSR count). The predicted molar refractivity (Wildman–Crippen MR) is 40.3 cm³/mol. The van der Waals surface area contributed by atoms with Crippen LogP contribution in [-0.2, 0) is 0 Å². The molecular formula is C5H7N5O2. The molecule has 7 heteroatoms. The van der Waals surface area contributed by atoms with Crippen LogP contribution in [0.15, 0.2) is 21.6 Å². The highest BCUT2D eigenvalue weighted by Gasteiger charge is 2.38. The summed E-state index contributed by atoms with van der Waals surface area (Å²) in [7, 11) is 0. The molecule has 2 aliphatic rings. The number of hydroxylamine groups is 2. The van der Waals surface area contributed by atoms with Crippen molar-refractivity contribution in [2.75, 3.05) is 0 Å². The number of rotatable bonds is 0. The predicted octanol–water partition coefficient (Wildman–Crippen LogP) is -1.31. The van der Waals surface area contributed by atoms with E-state index in [4.69, 9.17) is 10.9 Å². The molecule has 0 aromatic heterocycles. The van der Waals surface area contributed by atoms with E-state index in [9.17, 15) is 5.11 Å². The lowest BCUT2D eigenvalue weighted by Gasteiger charge is -2.25. The molecule has 0 spiro atoms. The van der Waals surface area contributed by atoms with E-state index in [1.54, 1.807) is 0 Å².